The molecule has 4 N–H and O–H groups in total. The monoisotopic (exact) mass is 834 g/mol. The van der Waals surface area contributed by atoms with Gasteiger partial charge < -0.3 is 25.2 Å². The molecule has 330 valence electrons. The summed E-state index contributed by atoms with van der Waals surface area (Å²) >= 11 is 0. The van der Waals surface area contributed by atoms with Gasteiger partial charge in [-0.15, -0.1) is 0 Å². The predicted octanol–water partition coefficient (Wildman–Crippen LogP) is 11.5. The molecule has 3 atom stereocenters. The van der Waals surface area contributed by atoms with E-state index in [4.69, 9.17) is 24.8 Å². The lowest BCUT2D eigenvalue weighted by Crippen LogP contribution is -2.34. The summed E-state index contributed by atoms with van der Waals surface area (Å²) in [7, 11) is -4.74. The molecule has 0 aromatic heterocycles. The first kappa shape index (κ1) is 54.7. The van der Waals surface area contributed by atoms with E-state index in [9.17, 15) is 23.8 Å². The average molecular weight is 834 g/mol. The maximum atomic E-state index is 12.6. The molecule has 0 saturated carbocycles. The van der Waals surface area contributed by atoms with Gasteiger partial charge in [0.2, 0.25) is 0 Å². The first-order valence-electron chi connectivity index (χ1n) is 21.6. The highest BCUT2D eigenvalue weighted by atomic mass is 31.2. The summed E-state index contributed by atoms with van der Waals surface area (Å²) in [5, 5.41) is 8.89. The molecule has 11 nitrogen and oxygen atoms in total. The van der Waals surface area contributed by atoms with Crippen molar-refractivity contribution in [2.45, 2.75) is 167 Å². The SMILES string of the molecule is CC/C=C\C/C=C\C/C=C\C/C=C\C/C=C\CCCC(=O)OC(COC(=O)CCCCCCCCC/C=C\C/C=C\CCCCC)COP(=O)(O)OCC(N)C(=O)O. The van der Waals surface area contributed by atoms with Crippen molar-refractivity contribution in [2.24, 2.45) is 5.73 Å². The number of rotatable bonds is 39. The topological polar surface area (TPSA) is 172 Å². The number of hydrogen-bond donors (Lipinski definition) is 3. The number of hydrogen-bond acceptors (Lipinski definition) is 9. The fourth-order valence-electron chi connectivity index (χ4n) is 5.25. The molecular weight excluding hydrogens is 757 g/mol. The Bertz CT molecular complexity index is 1300. The summed E-state index contributed by atoms with van der Waals surface area (Å²) in [5.41, 5.74) is 5.33. The number of unbranched alkanes of at least 4 members (excludes halogenated alkanes) is 11. The Balaban J connectivity index is 4.49. The van der Waals surface area contributed by atoms with E-state index in [1.54, 1.807) is 0 Å². The molecule has 0 bridgehead atoms. The second kappa shape index (κ2) is 40.4. The van der Waals surface area contributed by atoms with Crippen LogP contribution >= 0.6 is 7.82 Å². The van der Waals surface area contributed by atoms with E-state index < -0.39 is 51.1 Å². The molecule has 0 amide bonds. The molecule has 0 spiro atoms. The number of ether oxygens (including phenoxy) is 2. The second-order valence-corrected chi connectivity index (χ2v) is 15.5. The van der Waals surface area contributed by atoms with Crippen LogP contribution in [-0.4, -0.2) is 59.9 Å². The molecular formula is C46H76NO10P. The van der Waals surface area contributed by atoms with Crippen LogP contribution in [0.1, 0.15) is 155 Å². The third-order valence-electron chi connectivity index (χ3n) is 8.63. The van der Waals surface area contributed by atoms with Crippen LogP contribution in [0.5, 0.6) is 0 Å². The van der Waals surface area contributed by atoms with Crippen LogP contribution in [0.25, 0.3) is 0 Å². The van der Waals surface area contributed by atoms with Crippen molar-refractivity contribution in [3.8, 4) is 0 Å². The molecule has 0 aromatic rings. The van der Waals surface area contributed by atoms with Gasteiger partial charge in [0, 0.05) is 12.8 Å². The van der Waals surface area contributed by atoms with Crippen molar-refractivity contribution in [2.75, 3.05) is 19.8 Å². The first-order chi connectivity index (χ1) is 28.1. The standard InChI is InChI=1S/C46H76NO10P/c1-3-5-7-9-11-13-15-17-19-21-23-25-27-29-31-33-35-37-44(48)54-39-42(40-55-58(52,53)56-41-43(47)46(50)51)57-45(49)38-36-34-32-30-28-26-24-22-20-18-16-14-12-10-8-6-4-2/h6,8,11-14,17-20,24,26,30,32,42-43H,3-5,7,9-10,15-16,21-23,25,27-29,31,33-41,47H2,1-2H3,(H,50,51)(H,52,53)/b8-6-,13-11-,14-12-,19-17-,20-18-,26-24-,32-30-. The third kappa shape index (κ3) is 39.5. The minimum absolute atomic E-state index is 0.0764. The molecule has 0 aliphatic rings. The molecule has 3 unspecified atom stereocenters. The highest BCUT2D eigenvalue weighted by Crippen LogP contribution is 2.43. The fourth-order valence-corrected chi connectivity index (χ4v) is 6.02. The van der Waals surface area contributed by atoms with E-state index in [-0.39, 0.29) is 19.4 Å². The molecule has 0 aliphatic heterocycles. The Morgan fingerprint density at radius 2 is 0.983 bits per heavy atom. The second-order valence-electron chi connectivity index (χ2n) is 14.1. The van der Waals surface area contributed by atoms with Gasteiger partial charge in [-0.2, -0.15) is 0 Å². The molecule has 0 rings (SSSR count). The summed E-state index contributed by atoms with van der Waals surface area (Å²) in [6.07, 6.45) is 49.4. The first-order valence-corrected chi connectivity index (χ1v) is 23.1. The molecule has 58 heavy (non-hydrogen) atoms. The zero-order valence-electron chi connectivity index (χ0n) is 35.6. The Morgan fingerprint density at radius 3 is 1.50 bits per heavy atom. The van der Waals surface area contributed by atoms with Gasteiger partial charge >= 0.3 is 25.7 Å². The molecule has 0 fully saturated rings. The van der Waals surface area contributed by atoms with Gasteiger partial charge in [0.15, 0.2) is 6.10 Å². The summed E-state index contributed by atoms with van der Waals surface area (Å²) in [5.74, 6) is -2.48. The van der Waals surface area contributed by atoms with Gasteiger partial charge in [-0.25, -0.2) is 4.57 Å². The molecule has 0 radical (unpaired) electrons. The molecule has 0 saturated heterocycles. The minimum atomic E-state index is -4.74. The number of carbonyl (C=O) groups is 3. The van der Waals surface area contributed by atoms with Gasteiger partial charge in [-0.3, -0.25) is 23.4 Å². The van der Waals surface area contributed by atoms with Crippen molar-refractivity contribution in [1.29, 1.82) is 0 Å². The normalized spacial score (nSPS) is 14.6. The number of nitrogens with two attached hydrogens (primary N) is 1. The van der Waals surface area contributed by atoms with Crippen LogP contribution < -0.4 is 5.73 Å². The van der Waals surface area contributed by atoms with E-state index in [2.05, 4.69) is 91.3 Å². The van der Waals surface area contributed by atoms with Gasteiger partial charge in [-0.1, -0.05) is 144 Å². The van der Waals surface area contributed by atoms with E-state index in [1.165, 1.54) is 38.5 Å². The zero-order chi connectivity index (χ0) is 42.8. The van der Waals surface area contributed by atoms with Crippen LogP contribution in [0.4, 0.5) is 0 Å². The number of allylic oxidation sites excluding steroid dienone is 14. The Kier molecular flexibility index (Phi) is 38.1. The van der Waals surface area contributed by atoms with Gasteiger partial charge in [0.05, 0.1) is 13.2 Å². The summed E-state index contributed by atoms with van der Waals surface area (Å²) in [4.78, 5) is 45.9. The highest BCUT2D eigenvalue weighted by Gasteiger charge is 2.28. The average Bonchev–Trinajstić information content (AvgIpc) is 3.20. The summed E-state index contributed by atoms with van der Waals surface area (Å²) in [6.45, 7) is 2.58. The summed E-state index contributed by atoms with van der Waals surface area (Å²) < 4.78 is 32.6. The van der Waals surface area contributed by atoms with Crippen LogP contribution in [0.3, 0.4) is 0 Å². The minimum Gasteiger partial charge on any atom is -0.480 e. The number of carboxylic acid groups (broad SMARTS) is 1. The van der Waals surface area contributed by atoms with Crippen LogP contribution in [0.2, 0.25) is 0 Å². The van der Waals surface area contributed by atoms with E-state index in [1.807, 2.05) is 12.2 Å². The third-order valence-corrected chi connectivity index (χ3v) is 9.58. The maximum Gasteiger partial charge on any atom is 0.472 e. The van der Waals surface area contributed by atoms with Crippen molar-refractivity contribution in [1.82, 2.24) is 0 Å². The Hall–Kier alpha value is -3.34. The molecule has 0 aliphatic carbocycles. The van der Waals surface area contributed by atoms with Crippen LogP contribution in [0.15, 0.2) is 85.1 Å². The zero-order valence-corrected chi connectivity index (χ0v) is 36.5. The van der Waals surface area contributed by atoms with Crippen molar-refractivity contribution in [3.05, 3.63) is 85.1 Å². The summed E-state index contributed by atoms with van der Waals surface area (Å²) in [6, 6.07) is -1.54. The number of aliphatic carboxylic acids is 1. The lowest BCUT2D eigenvalue weighted by Gasteiger charge is -2.20. The number of esters is 2. The largest absolute Gasteiger partial charge is 0.480 e. The van der Waals surface area contributed by atoms with Gasteiger partial charge in [0.25, 0.3) is 0 Å². The van der Waals surface area contributed by atoms with E-state index in [0.717, 1.165) is 70.6 Å². The van der Waals surface area contributed by atoms with E-state index in [0.29, 0.717) is 19.3 Å². The fraction of sp³-hybridized carbons (Fsp3) is 0.630. The van der Waals surface area contributed by atoms with Crippen molar-refractivity contribution in [3.63, 3.8) is 0 Å². The van der Waals surface area contributed by atoms with E-state index >= 15 is 0 Å². The van der Waals surface area contributed by atoms with Gasteiger partial charge in [0.1, 0.15) is 12.6 Å². The van der Waals surface area contributed by atoms with Gasteiger partial charge in [-0.05, 0) is 83.5 Å². The number of phosphoric acid groups is 1. The van der Waals surface area contributed by atoms with Crippen molar-refractivity contribution >= 4 is 25.7 Å². The Labute approximate surface area is 350 Å². The molecule has 0 aromatic carbocycles. The number of carbonyl (C=O) groups excluding carboxylic acids is 2. The smallest absolute Gasteiger partial charge is 0.472 e. The number of phosphoric ester groups is 1. The maximum absolute atomic E-state index is 12.6. The predicted molar refractivity (Wildman–Crippen MR) is 235 cm³/mol. The van der Waals surface area contributed by atoms with Crippen molar-refractivity contribution < 1.29 is 47.5 Å². The van der Waals surface area contributed by atoms with Crippen LogP contribution in [0, 0.1) is 0 Å². The van der Waals surface area contributed by atoms with Crippen LogP contribution in [-0.2, 0) is 37.5 Å². The Morgan fingerprint density at radius 1 is 0.552 bits per heavy atom. The highest BCUT2D eigenvalue weighted by molar-refractivity contribution is 7.47. The lowest BCUT2D eigenvalue weighted by molar-refractivity contribution is -0.161. The quantitative estimate of drug-likeness (QED) is 0.0233. The lowest BCUT2D eigenvalue weighted by atomic mass is 10.1. The molecule has 12 heteroatoms. The number of carboxylic acids is 1. The molecule has 0 heterocycles.